The second-order valence-corrected chi connectivity index (χ2v) is 8.58. The van der Waals surface area contributed by atoms with Crippen molar-refractivity contribution in [3.05, 3.63) is 95.2 Å². The molecule has 4 rings (SSSR count). The second kappa shape index (κ2) is 13.6. The van der Waals surface area contributed by atoms with Gasteiger partial charge in [0.1, 0.15) is 23.9 Å². The van der Waals surface area contributed by atoms with E-state index in [1.165, 1.54) is 23.4 Å². The molecule has 0 spiro atoms. The SMILES string of the molecule is N#Cc1ccc(NC(=O)Nc2cc(Cl)ccc2OCCCN(C(=O)NCc2ccccc2)C2=COCO2)nc1. The zero-order valence-electron chi connectivity index (χ0n) is 20.7. The molecule has 0 atom stereocenters. The minimum Gasteiger partial charge on any atom is -0.491 e. The van der Waals surface area contributed by atoms with E-state index in [0.29, 0.717) is 40.9 Å². The van der Waals surface area contributed by atoms with E-state index >= 15 is 0 Å². The number of pyridine rings is 1. The van der Waals surface area contributed by atoms with E-state index in [1.54, 1.807) is 24.3 Å². The van der Waals surface area contributed by atoms with Crippen molar-refractivity contribution in [1.82, 2.24) is 15.2 Å². The summed E-state index contributed by atoms with van der Waals surface area (Å²) in [6.07, 6.45) is 3.20. The molecule has 4 amide bonds. The van der Waals surface area contributed by atoms with Crippen LogP contribution in [-0.4, -0.2) is 41.9 Å². The third-order valence-corrected chi connectivity index (χ3v) is 5.60. The van der Waals surface area contributed by atoms with E-state index < -0.39 is 6.03 Å². The smallest absolute Gasteiger partial charge is 0.324 e. The Morgan fingerprint density at radius 3 is 2.69 bits per heavy atom. The number of hydrogen-bond acceptors (Lipinski definition) is 7. The molecule has 3 aromatic rings. The van der Waals surface area contributed by atoms with Gasteiger partial charge in [-0.3, -0.25) is 10.2 Å². The molecule has 39 heavy (non-hydrogen) atoms. The summed E-state index contributed by atoms with van der Waals surface area (Å²) in [5, 5.41) is 17.4. The Balaban J connectivity index is 1.31. The topological polar surface area (TPSA) is 138 Å². The molecular formula is C27H25ClN6O5. The van der Waals surface area contributed by atoms with Crippen molar-refractivity contribution in [1.29, 1.82) is 5.26 Å². The van der Waals surface area contributed by atoms with Gasteiger partial charge in [0.2, 0.25) is 12.7 Å². The minimum absolute atomic E-state index is 0.0359. The third-order valence-electron chi connectivity index (χ3n) is 5.36. The summed E-state index contributed by atoms with van der Waals surface area (Å²) in [4.78, 5) is 30.8. The maximum atomic E-state index is 12.9. The maximum Gasteiger partial charge on any atom is 0.324 e. The van der Waals surface area contributed by atoms with E-state index in [4.69, 9.17) is 31.1 Å². The number of urea groups is 2. The lowest BCUT2D eigenvalue weighted by atomic mass is 10.2. The van der Waals surface area contributed by atoms with Crippen LogP contribution in [0.4, 0.5) is 21.1 Å². The van der Waals surface area contributed by atoms with Gasteiger partial charge in [-0.25, -0.2) is 14.6 Å². The van der Waals surface area contributed by atoms with E-state index in [-0.39, 0.29) is 31.8 Å². The summed E-state index contributed by atoms with van der Waals surface area (Å²) >= 11 is 6.12. The molecular weight excluding hydrogens is 524 g/mol. The van der Waals surface area contributed by atoms with Gasteiger partial charge in [0.05, 0.1) is 17.9 Å². The lowest BCUT2D eigenvalue weighted by Gasteiger charge is -2.22. The van der Waals surface area contributed by atoms with Crippen LogP contribution in [0, 0.1) is 11.3 Å². The normalized spacial score (nSPS) is 11.7. The number of halogens is 1. The molecule has 12 heteroatoms. The highest BCUT2D eigenvalue weighted by atomic mass is 35.5. The van der Waals surface area contributed by atoms with Gasteiger partial charge in [-0.2, -0.15) is 5.26 Å². The summed E-state index contributed by atoms with van der Waals surface area (Å²) in [7, 11) is 0. The van der Waals surface area contributed by atoms with Crippen molar-refractivity contribution in [3.8, 4) is 11.8 Å². The first-order valence-corrected chi connectivity index (χ1v) is 12.3. The minimum atomic E-state index is -0.564. The first-order chi connectivity index (χ1) is 19.0. The summed E-state index contributed by atoms with van der Waals surface area (Å²) < 4.78 is 16.4. The highest BCUT2D eigenvalue weighted by Crippen LogP contribution is 2.28. The van der Waals surface area contributed by atoms with Gasteiger partial charge in [0, 0.05) is 24.3 Å². The maximum absolute atomic E-state index is 12.9. The zero-order chi connectivity index (χ0) is 27.5. The molecule has 0 saturated heterocycles. The number of aromatic nitrogens is 1. The molecule has 0 radical (unpaired) electrons. The van der Waals surface area contributed by atoms with Crippen LogP contribution in [0.3, 0.4) is 0 Å². The van der Waals surface area contributed by atoms with Crippen LogP contribution in [0.5, 0.6) is 5.75 Å². The lowest BCUT2D eigenvalue weighted by molar-refractivity contribution is 0.0544. The number of nitrogens with zero attached hydrogens (tertiary/aromatic N) is 3. The number of carbonyl (C=O) groups excluding carboxylic acids is 2. The molecule has 0 aliphatic carbocycles. The van der Waals surface area contributed by atoms with Gasteiger partial charge in [-0.05, 0) is 42.3 Å². The monoisotopic (exact) mass is 548 g/mol. The number of rotatable bonds is 10. The average molecular weight is 549 g/mol. The number of benzene rings is 2. The van der Waals surface area contributed by atoms with E-state index in [2.05, 4.69) is 20.9 Å². The molecule has 3 N–H and O–H groups in total. The highest BCUT2D eigenvalue weighted by Gasteiger charge is 2.22. The third kappa shape index (κ3) is 8.02. The molecule has 1 aliphatic rings. The predicted octanol–water partition coefficient (Wildman–Crippen LogP) is 5.03. The number of ether oxygens (including phenoxy) is 3. The Hall–Kier alpha value is -4.95. The Bertz CT molecular complexity index is 1360. The Morgan fingerprint density at radius 2 is 1.97 bits per heavy atom. The quantitative estimate of drug-likeness (QED) is 0.302. The molecule has 0 unspecified atom stereocenters. The standard InChI is InChI=1S/C27H25ClN6O5/c28-21-8-9-23(22(13-21)32-26(35)33-24-10-7-20(14-29)16-30-24)38-12-4-11-34(25-17-37-18-39-25)27(36)31-15-19-5-2-1-3-6-19/h1-3,5-10,13,16-17H,4,11-12,15,18H2,(H,31,36)(H2,30,32,33,35). The number of anilines is 2. The summed E-state index contributed by atoms with van der Waals surface area (Å²) in [6.45, 7) is 0.914. The van der Waals surface area contributed by atoms with Gasteiger partial charge in [0.25, 0.3) is 0 Å². The Morgan fingerprint density at radius 1 is 1.13 bits per heavy atom. The first-order valence-electron chi connectivity index (χ1n) is 11.9. The number of hydrogen-bond donors (Lipinski definition) is 3. The fourth-order valence-electron chi connectivity index (χ4n) is 3.49. The fourth-order valence-corrected chi connectivity index (χ4v) is 3.66. The molecule has 11 nitrogen and oxygen atoms in total. The van der Waals surface area contributed by atoms with Crippen molar-refractivity contribution >= 4 is 35.2 Å². The summed E-state index contributed by atoms with van der Waals surface area (Å²) in [6, 6.07) is 18.5. The summed E-state index contributed by atoms with van der Waals surface area (Å²) in [5.41, 5.74) is 1.69. The van der Waals surface area contributed by atoms with Gasteiger partial charge < -0.3 is 24.8 Å². The van der Waals surface area contributed by atoms with Crippen LogP contribution in [0.25, 0.3) is 0 Å². The molecule has 2 heterocycles. The number of carbonyl (C=O) groups is 2. The largest absolute Gasteiger partial charge is 0.491 e. The first kappa shape index (κ1) is 27.1. The van der Waals surface area contributed by atoms with Crippen molar-refractivity contribution in [3.63, 3.8) is 0 Å². The molecule has 0 saturated carbocycles. The zero-order valence-corrected chi connectivity index (χ0v) is 21.5. The van der Waals surface area contributed by atoms with E-state index in [1.807, 2.05) is 36.4 Å². The predicted molar refractivity (Wildman–Crippen MR) is 144 cm³/mol. The lowest BCUT2D eigenvalue weighted by Crippen LogP contribution is -2.40. The van der Waals surface area contributed by atoms with Crippen molar-refractivity contribution in [2.24, 2.45) is 0 Å². The fraction of sp³-hybridized carbons (Fsp3) is 0.185. The van der Waals surface area contributed by atoms with Gasteiger partial charge in [0.15, 0.2) is 0 Å². The van der Waals surface area contributed by atoms with Gasteiger partial charge >= 0.3 is 12.1 Å². The highest BCUT2D eigenvalue weighted by molar-refractivity contribution is 6.31. The van der Waals surface area contributed by atoms with Crippen molar-refractivity contribution in [2.45, 2.75) is 13.0 Å². The van der Waals surface area contributed by atoms with E-state index in [0.717, 1.165) is 5.56 Å². The Labute approximate surface area is 229 Å². The second-order valence-electron chi connectivity index (χ2n) is 8.15. The molecule has 2 aromatic carbocycles. The molecule has 0 fully saturated rings. The number of amides is 4. The van der Waals surface area contributed by atoms with Gasteiger partial charge in [-0.1, -0.05) is 41.9 Å². The molecule has 200 valence electrons. The van der Waals surface area contributed by atoms with Crippen molar-refractivity contribution in [2.75, 3.05) is 30.6 Å². The van der Waals surface area contributed by atoms with Crippen LogP contribution in [0.15, 0.2) is 79.0 Å². The average Bonchev–Trinajstić information content (AvgIpc) is 3.48. The van der Waals surface area contributed by atoms with Crippen LogP contribution in [-0.2, 0) is 16.0 Å². The molecule has 1 aromatic heterocycles. The number of nitrogens with one attached hydrogen (secondary N) is 3. The van der Waals surface area contributed by atoms with Gasteiger partial charge in [-0.15, -0.1) is 0 Å². The van der Waals surface area contributed by atoms with Crippen LogP contribution >= 0.6 is 11.6 Å². The number of nitriles is 1. The molecule has 1 aliphatic heterocycles. The van der Waals surface area contributed by atoms with E-state index in [9.17, 15) is 9.59 Å². The van der Waals surface area contributed by atoms with Crippen molar-refractivity contribution < 1.29 is 23.8 Å². The van der Waals surface area contributed by atoms with Crippen LogP contribution in [0.2, 0.25) is 5.02 Å². The summed E-state index contributed by atoms with van der Waals surface area (Å²) in [5.74, 6) is 0.971. The van der Waals surface area contributed by atoms with Crippen LogP contribution in [0.1, 0.15) is 17.5 Å². The van der Waals surface area contributed by atoms with Crippen LogP contribution < -0.4 is 20.7 Å². The molecule has 0 bridgehead atoms. The Kier molecular flexibility index (Phi) is 9.42.